The number of carboxylic acid groups (broad SMARTS) is 1. The van der Waals surface area contributed by atoms with Gasteiger partial charge in [0.2, 0.25) is 0 Å². The van der Waals surface area contributed by atoms with Crippen LogP contribution in [0.1, 0.15) is 23.5 Å². The van der Waals surface area contributed by atoms with Gasteiger partial charge in [0.15, 0.2) is 0 Å². The molecule has 0 bridgehead atoms. The Morgan fingerprint density at radius 2 is 1.90 bits per heavy atom. The SMILES string of the molecule is COc1cccc(C(CC(=O)O)c2ccc(F)cc2)c1. The molecule has 0 spiro atoms. The van der Waals surface area contributed by atoms with Crippen LogP contribution in [0.15, 0.2) is 48.5 Å². The molecule has 1 atom stereocenters. The van der Waals surface area contributed by atoms with Crippen molar-refractivity contribution in [1.82, 2.24) is 0 Å². The van der Waals surface area contributed by atoms with Crippen molar-refractivity contribution in [2.45, 2.75) is 12.3 Å². The Hall–Kier alpha value is -2.36. The highest BCUT2D eigenvalue weighted by molar-refractivity contribution is 5.69. The fraction of sp³-hybridized carbons (Fsp3) is 0.188. The molecule has 0 fully saturated rings. The van der Waals surface area contributed by atoms with Crippen LogP contribution in [0.4, 0.5) is 4.39 Å². The summed E-state index contributed by atoms with van der Waals surface area (Å²) in [6, 6.07) is 13.2. The van der Waals surface area contributed by atoms with Crippen LogP contribution in [0.2, 0.25) is 0 Å². The fourth-order valence-corrected chi connectivity index (χ4v) is 2.16. The lowest BCUT2D eigenvalue weighted by atomic mass is 9.88. The molecule has 20 heavy (non-hydrogen) atoms. The molecular formula is C16H15FO3. The number of ether oxygens (including phenoxy) is 1. The van der Waals surface area contributed by atoms with Gasteiger partial charge in [-0.2, -0.15) is 0 Å². The van der Waals surface area contributed by atoms with Crippen LogP contribution in [0.3, 0.4) is 0 Å². The van der Waals surface area contributed by atoms with Gasteiger partial charge in [-0.25, -0.2) is 4.39 Å². The summed E-state index contributed by atoms with van der Waals surface area (Å²) in [6.07, 6.45) is -0.0567. The quantitative estimate of drug-likeness (QED) is 0.908. The average molecular weight is 274 g/mol. The summed E-state index contributed by atoms with van der Waals surface area (Å²) in [5.74, 6) is -0.904. The lowest BCUT2D eigenvalue weighted by molar-refractivity contribution is -0.137. The Kier molecular flexibility index (Phi) is 4.35. The third kappa shape index (κ3) is 3.35. The summed E-state index contributed by atoms with van der Waals surface area (Å²) < 4.78 is 18.2. The van der Waals surface area contributed by atoms with Crippen LogP contribution in [0, 0.1) is 5.82 Å². The second kappa shape index (κ2) is 6.19. The van der Waals surface area contributed by atoms with Gasteiger partial charge in [-0.05, 0) is 35.4 Å². The maximum atomic E-state index is 13.0. The molecule has 1 N–H and O–H groups in total. The van der Waals surface area contributed by atoms with Gasteiger partial charge >= 0.3 is 5.97 Å². The molecule has 3 nitrogen and oxygen atoms in total. The average Bonchev–Trinajstić information content (AvgIpc) is 2.46. The molecule has 0 aromatic heterocycles. The second-order valence-electron chi connectivity index (χ2n) is 4.48. The van der Waals surface area contributed by atoms with Crippen LogP contribution in [-0.4, -0.2) is 18.2 Å². The largest absolute Gasteiger partial charge is 0.497 e. The van der Waals surface area contributed by atoms with Gasteiger partial charge in [0.25, 0.3) is 0 Å². The van der Waals surface area contributed by atoms with E-state index in [9.17, 15) is 9.18 Å². The number of hydrogen-bond acceptors (Lipinski definition) is 2. The van der Waals surface area contributed by atoms with E-state index >= 15 is 0 Å². The van der Waals surface area contributed by atoms with Gasteiger partial charge in [0.1, 0.15) is 11.6 Å². The Morgan fingerprint density at radius 3 is 2.50 bits per heavy atom. The van der Waals surface area contributed by atoms with E-state index in [-0.39, 0.29) is 18.2 Å². The van der Waals surface area contributed by atoms with Crippen molar-refractivity contribution in [3.8, 4) is 5.75 Å². The minimum absolute atomic E-state index is 0.0567. The molecule has 104 valence electrons. The van der Waals surface area contributed by atoms with Crippen molar-refractivity contribution in [2.24, 2.45) is 0 Å². The number of rotatable bonds is 5. The minimum atomic E-state index is -0.901. The highest BCUT2D eigenvalue weighted by atomic mass is 19.1. The first kappa shape index (κ1) is 14.1. The van der Waals surface area contributed by atoms with Gasteiger partial charge in [-0.15, -0.1) is 0 Å². The minimum Gasteiger partial charge on any atom is -0.497 e. The maximum absolute atomic E-state index is 13.0. The number of halogens is 1. The molecule has 0 amide bonds. The van der Waals surface area contributed by atoms with E-state index in [1.54, 1.807) is 31.4 Å². The van der Waals surface area contributed by atoms with Crippen molar-refractivity contribution in [2.75, 3.05) is 7.11 Å². The first-order valence-corrected chi connectivity index (χ1v) is 6.21. The third-order valence-corrected chi connectivity index (χ3v) is 3.15. The van der Waals surface area contributed by atoms with Crippen molar-refractivity contribution >= 4 is 5.97 Å². The summed E-state index contributed by atoms with van der Waals surface area (Å²) in [5.41, 5.74) is 1.60. The molecule has 0 aliphatic carbocycles. The van der Waals surface area contributed by atoms with Crippen LogP contribution >= 0.6 is 0 Å². The topological polar surface area (TPSA) is 46.5 Å². The van der Waals surface area contributed by atoms with Gasteiger partial charge < -0.3 is 9.84 Å². The van der Waals surface area contributed by atoms with Crippen LogP contribution < -0.4 is 4.74 Å². The van der Waals surface area contributed by atoms with Crippen LogP contribution in [0.5, 0.6) is 5.75 Å². The first-order chi connectivity index (χ1) is 9.60. The molecule has 0 heterocycles. The number of methoxy groups -OCH3 is 1. The van der Waals surface area contributed by atoms with Gasteiger partial charge in [0, 0.05) is 5.92 Å². The van der Waals surface area contributed by atoms with E-state index < -0.39 is 5.97 Å². The zero-order valence-corrected chi connectivity index (χ0v) is 11.0. The van der Waals surface area contributed by atoms with Gasteiger partial charge in [0.05, 0.1) is 13.5 Å². The standard InChI is InChI=1S/C16H15FO3/c1-20-14-4-2-3-12(9-14)15(10-16(18)19)11-5-7-13(17)8-6-11/h2-9,15H,10H2,1H3,(H,18,19). The molecule has 2 aromatic rings. The Bertz CT molecular complexity index is 593. The lowest BCUT2D eigenvalue weighted by Gasteiger charge is -2.16. The number of aliphatic carboxylic acids is 1. The first-order valence-electron chi connectivity index (χ1n) is 6.21. The van der Waals surface area contributed by atoms with E-state index in [1.165, 1.54) is 12.1 Å². The molecule has 0 saturated carbocycles. The molecule has 4 heteroatoms. The summed E-state index contributed by atoms with van der Waals surface area (Å²) in [5, 5.41) is 9.08. The van der Waals surface area contributed by atoms with Crippen LogP contribution in [-0.2, 0) is 4.79 Å². The van der Waals surface area contributed by atoms with E-state index in [0.717, 1.165) is 11.1 Å². The predicted octanol–water partition coefficient (Wildman–Crippen LogP) is 3.44. The Balaban J connectivity index is 2.40. The highest BCUT2D eigenvalue weighted by Crippen LogP contribution is 2.30. The van der Waals surface area contributed by atoms with Crippen LogP contribution in [0.25, 0.3) is 0 Å². The summed E-state index contributed by atoms with van der Waals surface area (Å²) in [7, 11) is 1.56. The Labute approximate surface area is 116 Å². The molecule has 0 radical (unpaired) electrons. The van der Waals surface area contributed by atoms with E-state index in [1.807, 2.05) is 12.1 Å². The molecule has 2 rings (SSSR count). The molecule has 2 aromatic carbocycles. The molecule has 1 unspecified atom stereocenters. The number of benzene rings is 2. The van der Waals surface area contributed by atoms with Crippen molar-refractivity contribution in [3.05, 3.63) is 65.5 Å². The lowest BCUT2D eigenvalue weighted by Crippen LogP contribution is -2.08. The Morgan fingerprint density at radius 1 is 1.20 bits per heavy atom. The normalized spacial score (nSPS) is 11.9. The molecule has 0 saturated heterocycles. The molecule has 0 aliphatic heterocycles. The summed E-state index contributed by atoms with van der Waals surface area (Å²) >= 11 is 0. The van der Waals surface area contributed by atoms with Crippen molar-refractivity contribution in [3.63, 3.8) is 0 Å². The van der Waals surface area contributed by atoms with Gasteiger partial charge in [-0.3, -0.25) is 4.79 Å². The third-order valence-electron chi connectivity index (χ3n) is 3.15. The van der Waals surface area contributed by atoms with Crippen molar-refractivity contribution < 1.29 is 19.0 Å². The number of carboxylic acids is 1. The summed E-state index contributed by atoms with van der Waals surface area (Å²) in [4.78, 5) is 11.1. The zero-order chi connectivity index (χ0) is 14.5. The molecule has 0 aliphatic rings. The van der Waals surface area contributed by atoms with Crippen molar-refractivity contribution in [1.29, 1.82) is 0 Å². The highest BCUT2D eigenvalue weighted by Gasteiger charge is 2.18. The van der Waals surface area contributed by atoms with E-state index in [2.05, 4.69) is 0 Å². The van der Waals surface area contributed by atoms with E-state index in [4.69, 9.17) is 9.84 Å². The smallest absolute Gasteiger partial charge is 0.304 e. The zero-order valence-electron chi connectivity index (χ0n) is 11.0. The second-order valence-corrected chi connectivity index (χ2v) is 4.48. The van der Waals surface area contributed by atoms with E-state index in [0.29, 0.717) is 5.75 Å². The fourth-order valence-electron chi connectivity index (χ4n) is 2.16. The number of hydrogen-bond donors (Lipinski definition) is 1. The monoisotopic (exact) mass is 274 g/mol. The summed E-state index contributed by atoms with van der Waals surface area (Å²) in [6.45, 7) is 0. The maximum Gasteiger partial charge on any atom is 0.304 e. The predicted molar refractivity (Wildman–Crippen MR) is 73.5 cm³/mol. The number of carbonyl (C=O) groups is 1. The molecular weight excluding hydrogens is 259 g/mol. The van der Waals surface area contributed by atoms with Gasteiger partial charge in [-0.1, -0.05) is 24.3 Å².